The summed E-state index contributed by atoms with van der Waals surface area (Å²) in [6.07, 6.45) is 11.2. The van der Waals surface area contributed by atoms with Crippen molar-refractivity contribution in [1.82, 2.24) is 15.0 Å². The van der Waals surface area contributed by atoms with Gasteiger partial charge in [-0.25, -0.2) is 4.98 Å². The number of nitrogens with two attached hydrogens (primary N) is 1. The molecule has 4 heteroatoms. The van der Waals surface area contributed by atoms with Crippen LogP contribution in [0.4, 0.5) is 0 Å². The molecular weight excluding hydrogens is 248 g/mol. The monoisotopic (exact) mass is 278 g/mol. The van der Waals surface area contributed by atoms with Crippen LogP contribution in [0.1, 0.15) is 58.7 Å². The van der Waals surface area contributed by atoms with Gasteiger partial charge in [0.1, 0.15) is 5.82 Å². The van der Waals surface area contributed by atoms with Gasteiger partial charge >= 0.3 is 0 Å². The smallest absolute Gasteiger partial charge is 0.110 e. The predicted molar refractivity (Wildman–Crippen MR) is 83.1 cm³/mol. The van der Waals surface area contributed by atoms with Gasteiger partial charge in [0.2, 0.25) is 0 Å². The molecule has 1 aliphatic rings. The molecule has 0 saturated heterocycles. The topological polar surface area (TPSA) is 55.9 Å². The van der Waals surface area contributed by atoms with E-state index in [-0.39, 0.29) is 0 Å². The zero-order valence-corrected chi connectivity index (χ0v) is 13.2. The fourth-order valence-corrected chi connectivity index (χ4v) is 3.36. The second-order valence-corrected chi connectivity index (χ2v) is 7.02. The van der Waals surface area contributed by atoms with Crippen LogP contribution in [0.25, 0.3) is 0 Å². The molecule has 0 amide bonds. The summed E-state index contributed by atoms with van der Waals surface area (Å²) in [6, 6.07) is 0.351. The minimum atomic E-state index is 0.351. The Morgan fingerprint density at radius 1 is 1.45 bits per heavy atom. The summed E-state index contributed by atoms with van der Waals surface area (Å²) in [5.41, 5.74) is 3.56. The molecule has 0 spiro atoms. The Morgan fingerprint density at radius 3 is 2.75 bits per heavy atom. The maximum atomic E-state index is 5.82. The number of nitrogens with zero attached hydrogens (tertiary/aromatic N) is 2. The van der Waals surface area contributed by atoms with Crippen LogP contribution >= 0.6 is 0 Å². The van der Waals surface area contributed by atoms with Gasteiger partial charge in [0.25, 0.3) is 0 Å². The first kappa shape index (κ1) is 15.5. The second-order valence-electron chi connectivity index (χ2n) is 7.02. The molecule has 3 N–H and O–H groups in total. The van der Waals surface area contributed by atoms with Gasteiger partial charge in [-0.2, -0.15) is 0 Å². The van der Waals surface area contributed by atoms with Crippen molar-refractivity contribution in [3.8, 4) is 0 Å². The van der Waals surface area contributed by atoms with Crippen molar-refractivity contribution in [3.63, 3.8) is 0 Å². The molecule has 1 unspecified atom stereocenters. The van der Waals surface area contributed by atoms with Crippen LogP contribution in [0, 0.1) is 11.3 Å². The number of aromatic nitrogens is 2. The number of aryl methyl sites for hydroxylation is 1. The molecular formula is C16H30N4. The Labute approximate surface area is 123 Å². The summed E-state index contributed by atoms with van der Waals surface area (Å²) in [4.78, 5) is 4.51. The van der Waals surface area contributed by atoms with Crippen LogP contribution in [0.15, 0.2) is 12.4 Å². The van der Waals surface area contributed by atoms with E-state index >= 15 is 0 Å². The SMILES string of the molecule is CCCn1ccnc1CC(NN)C1CCC(C)(C)CC1. The third-order valence-corrected chi connectivity index (χ3v) is 4.84. The molecule has 1 aromatic rings. The highest BCUT2D eigenvalue weighted by molar-refractivity contribution is 4.97. The van der Waals surface area contributed by atoms with Crippen molar-refractivity contribution < 1.29 is 0 Å². The van der Waals surface area contributed by atoms with E-state index in [1.54, 1.807) is 0 Å². The first-order valence-electron chi connectivity index (χ1n) is 8.02. The van der Waals surface area contributed by atoms with Crippen molar-refractivity contribution in [3.05, 3.63) is 18.2 Å². The number of rotatable bonds is 6. The van der Waals surface area contributed by atoms with Crippen molar-refractivity contribution >= 4 is 0 Å². The lowest BCUT2D eigenvalue weighted by atomic mass is 9.71. The highest BCUT2D eigenvalue weighted by Gasteiger charge is 2.31. The molecule has 0 aromatic carbocycles. The van der Waals surface area contributed by atoms with Gasteiger partial charge < -0.3 is 4.57 Å². The van der Waals surface area contributed by atoms with Gasteiger partial charge in [-0.3, -0.25) is 11.3 Å². The van der Waals surface area contributed by atoms with Crippen LogP contribution in [-0.2, 0) is 13.0 Å². The summed E-state index contributed by atoms with van der Waals surface area (Å²) in [5, 5.41) is 0. The van der Waals surface area contributed by atoms with E-state index in [1.807, 2.05) is 6.20 Å². The molecule has 4 nitrogen and oxygen atoms in total. The average molecular weight is 278 g/mol. The van der Waals surface area contributed by atoms with E-state index in [1.165, 1.54) is 31.5 Å². The number of nitrogens with one attached hydrogen (secondary N) is 1. The van der Waals surface area contributed by atoms with E-state index in [2.05, 4.69) is 41.9 Å². The highest BCUT2D eigenvalue weighted by Crippen LogP contribution is 2.39. The summed E-state index contributed by atoms with van der Waals surface area (Å²) >= 11 is 0. The minimum absolute atomic E-state index is 0.351. The molecule has 0 radical (unpaired) electrons. The summed E-state index contributed by atoms with van der Waals surface area (Å²) in [6.45, 7) is 8.00. The maximum Gasteiger partial charge on any atom is 0.110 e. The van der Waals surface area contributed by atoms with E-state index in [0.29, 0.717) is 17.4 Å². The van der Waals surface area contributed by atoms with Gasteiger partial charge in [-0.1, -0.05) is 20.8 Å². The lowest BCUT2D eigenvalue weighted by Crippen LogP contribution is -2.44. The maximum absolute atomic E-state index is 5.82. The molecule has 1 saturated carbocycles. The first-order valence-corrected chi connectivity index (χ1v) is 8.02. The van der Waals surface area contributed by atoms with E-state index in [0.717, 1.165) is 19.4 Å². The van der Waals surface area contributed by atoms with E-state index in [9.17, 15) is 0 Å². The lowest BCUT2D eigenvalue weighted by molar-refractivity contribution is 0.159. The van der Waals surface area contributed by atoms with Crippen LogP contribution < -0.4 is 11.3 Å². The van der Waals surface area contributed by atoms with Crippen LogP contribution in [0.5, 0.6) is 0 Å². The molecule has 2 rings (SSSR count). The summed E-state index contributed by atoms with van der Waals surface area (Å²) in [5.74, 6) is 7.67. The standard InChI is InChI=1S/C16H30N4/c1-4-10-20-11-9-18-15(20)12-14(19-17)13-5-7-16(2,3)8-6-13/h9,11,13-14,19H,4-8,10,12,17H2,1-3H3. The first-order chi connectivity index (χ1) is 9.55. The van der Waals surface area contributed by atoms with Gasteiger partial charge in [0.15, 0.2) is 0 Å². The summed E-state index contributed by atoms with van der Waals surface area (Å²) < 4.78 is 2.26. The van der Waals surface area contributed by atoms with Gasteiger partial charge in [0.05, 0.1) is 0 Å². The minimum Gasteiger partial charge on any atom is -0.335 e. The molecule has 1 heterocycles. The average Bonchev–Trinajstić information content (AvgIpc) is 2.84. The predicted octanol–water partition coefficient (Wildman–Crippen LogP) is 2.88. The number of hydrazine groups is 1. The van der Waals surface area contributed by atoms with Crippen molar-refractivity contribution in [1.29, 1.82) is 0 Å². The lowest BCUT2D eigenvalue weighted by Gasteiger charge is -2.37. The molecule has 0 aliphatic heterocycles. The fraction of sp³-hybridized carbons (Fsp3) is 0.812. The fourth-order valence-electron chi connectivity index (χ4n) is 3.36. The molecule has 1 aliphatic carbocycles. The van der Waals surface area contributed by atoms with Gasteiger partial charge in [-0.05, 0) is 43.4 Å². The zero-order valence-electron chi connectivity index (χ0n) is 13.2. The Hall–Kier alpha value is -0.870. The van der Waals surface area contributed by atoms with Crippen molar-refractivity contribution in [2.24, 2.45) is 17.2 Å². The molecule has 1 atom stereocenters. The van der Waals surface area contributed by atoms with Crippen LogP contribution in [-0.4, -0.2) is 15.6 Å². The molecule has 1 aromatic heterocycles. The Bertz CT molecular complexity index is 400. The Kier molecular flexibility index (Phi) is 5.22. The second kappa shape index (κ2) is 6.72. The van der Waals surface area contributed by atoms with Crippen molar-refractivity contribution in [2.75, 3.05) is 0 Å². The van der Waals surface area contributed by atoms with Gasteiger partial charge in [-0.15, -0.1) is 0 Å². The number of imidazole rings is 1. The highest BCUT2D eigenvalue weighted by atomic mass is 15.2. The molecule has 20 heavy (non-hydrogen) atoms. The molecule has 0 bridgehead atoms. The molecule has 1 fully saturated rings. The third-order valence-electron chi connectivity index (χ3n) is 4.84. The van der Waals surface area contributed by atoms with Crippen LogP contribution in [0.3, 0.4) is 0 Å². The number of hydrogen-bond donors (Lipinski definition) is 2. The third kappa shape index (κ3) is 3.83. The van der Waals surface area contributed by atoms with E-state index < -0.39 is 0 Å². The Morgan fingerprint density at radius 2 is 2.15 bits per heavy atom. The normalized spacial score (nSPS) is 21.0. The molecule has 114 valence electrons. The van der Waals surface area contributed by atoms with Crippen molar-refractivity contribution in [2.45, 2.75) is 71.9 Å². The quantitative estimate of drug-likeness (QED) is 0.621. The Balaban J connectivity index is 1.97. The largest absolute Gasteiger partial charge is 0.335 e. The van der Waals surface area contributed by atoms with Gasteiger partial charge in [0, 0.05) is 31.4 Å². The zero-order chi connectivity index (χ0) is 14.6. The van der Waals surface area contributed by atoms with E-state index in [4.69, 9.17) is 5.84 Å². The van der Waals surface area contributed by atoms with Crippen LogP contribution in [0.2, 0.25) is 0 Å². The summed E-state index contributed by atoms with van der Waals surface area (Å²) in [7, 11) is 0. The number of hydrogen-bond acceptors (Lipinski definition) is 3.